The van der Waals surface area contributed by atoms with Crippen LogP contribution >= 0.6 is 23.5 Å². The molecule has 0 aliphatic carbocycles. The number of nitriles is 1. The zero-order valence-electron chi connectivity index (χ0n) is 15.3. The molecule has 0 spiro atoms. The lowest BCUT2D eigenvalue weighted by molar-refractivity contribution is -0.137. The van der Waals surface area contributed by atoms with E-state index in [1.807, 2.05) is 12.1 Å². The van der Waals surface area contributed by atoms with Crippen LogP contribution in [-0.2, 0) is 11.9 Å². The third kappa shape index (κ3) is 4.12. The molecule has 0 bridgehead atoms. The van der Waals surface area contributed by atoms with Crippen LogP contribution in [0.3, 0.4) is 0 Å². The number of halogens is 3. The summed E-state index contributed by atoms with van der Waals surface area (Å²) < 4.78 is 39.2. The second kappa shape index (κ2) is 8.00. The average Bonchev–Trinajstić information content (AvgIpc) is 3.26. The molecule has 0 amide bonds. The van der Waals surface area contributed by atoms with Crippen molar-refractivity contribution in [3.8, 4) is 17.5 Å². The van der Waals surface area contributed by atoms with Crippen LogP contribution in [0.4, 0.5) is 18.9 Å². The lowest BCUT2D eigenvalue weighted by Crippen LogP contribution is -2.17. The summed E-state index contributed by atoms with van der Waals surface area (Å²) in [5, 5.41) is 31.2. The van der Waals surface area contributed by atoms with Gasteiger partial charge in [-0.25, -0.2) is 0 Å². The van der Waals surface area contributed by atoms with Crippen molar-refractivity contribution in [3.05, 3.63) is 53.2 Å². The number of fused-ring (bicyclic) bond motifs is 1. The molecule has 2 aromatic heterocycles. The first-order valence-corrected chi connectivity index (χ1v) is 10.3. The van der Waals surface area contributed by atoms with Gasteiger partial charge in [-0.05, 0) is 41.6 Å². The van der Waals surface area contributed by atoms with Crippen molar-refractivity contribution >= 4 is 33.6 Å². The van der Waals surface area contributed by atoms with Crippen LogP contribution < -0.4 is 5.01 Å². The van der Waals surface area contributed by atoms with E-state index >= 15 is 0 Å². The Morgan fingerprint density at radius 3 is 2.77 bits per heavy atom. The van der Waals surface area contributed by atoms with Crippen LogP contribution in [0.5, 0.6) is 0 Å². The van der Waals surface area contributed by atoms with E-state index in [9.17, 15) is 18.4 Å². The molecule has 7 nitrogen and oxygen atoms in total. The first-order chi connectivity index (χ1) is 14.3. The molecule has 0 radical (unpaired) electrons. The summed E-state index contributed by atoms with van der Waals surface area (Å²) in [6.45, 7) is 0. The van der Waals surface area contributed by atoms with Crippen LogP contribution in [0.1, 0.15) is 16.7 Å². The number of hydrazone groups is 1. The Morgan fingerprint density at radius 1 is 1.23 bits per heavy atom. The fraction of sp³-hybridized carbons (Fsp3) is 0.167. The number of rotatable bonds is 3. The van der Waals surface area contributed by atoms with E-state index in [4.69, 9.17) is 0 Å². The summed E-state index contributed by atoms with van der Waals surface area (Å²) >= 11 is 2.63. The van der Waals surface area contributed by atoms with Gasteiger partial charge in [0.15, 0.2) is 9.40 Å². The molecule has 12 heteroatoms. The number of anilines is 1. The number of aromatic nitrogens is 4. The molecule has 4 rings (SSSR count). The van der Waals surface area contributed by atoms with Gasteiger partial charge in [-0.3, -0.25) is 10.1 Å². The molecule has 152 valence electrons. The molecule has 3 aromatic rings. The Bertz CT molecular complexity index is 1150. The van der Waals surface area contributed by atoms with Gasteiger partial charge in [0.25, 0.3) is 0 Å². The normalized spacial score (nSPS) is 13.6. The fourth-order valence-electron chi connectivity index (χ4n) is 2.67. The van der Waals surface area contributed by atoms with Gasteiger partial charge in [-0.15, -0.1) is 10.2 Å². The van der Waals surface area contributed by atoms with Crippen LogP contribution in [0.25, 0.3) is 11.4 Å². The monoisotopic (exact) mass is 447 g/mol. The molecule has 1 N–H and O–H groups in total. The second-order valence-electron chi connectivity index (χ2n) is 6.15. The maximum absolute atomic E-state index is 12.9. The summed E-state index contributed by atoms with van der Waals surface area (Å²) in [4.78, 5) is 0. The number of alkyl halides is 3. The van der Waals surface area contributed by atoms with E-state index in [1.54, 1.807) is 24.3 Å². The lowest BCUT2D eigenvalue weighted by Gasteiger charge is -2.22. The molecule has 0 unspecified atom stereocenters. The summed E-state index contributed by atoms with van der Waals surface area (Å²) in [5.41, 5.74) is 1.81. The van der Waals surface area contributed by atoms with Crippen LogP contribution in [-0.4, -0.2) is 31.8 Å². The molecule has 1 aliphatic heterocycles. The van der Waals surface area contributed by atoms with Crippen molar-refractivity contribution in [1.82, 2.24) is 20.4 Å². The lowest BCUT2D eigenvalue weighted by atomic mass is 10.1. The largest absolute Gasteiger partial charge is 0.416 e. The predicted octanol–water partition coefficient (Wildman–Crippen LogP) is 4.50. The van der Waals surface area contributed by atoms with Gasteiger partial charge >= 0.3 is 6.18 Å². The van der Waals surface area contributed by atoms with Gasteiger partial charge in [0.05, 0.1) is 28.6 Å². The number of benzene rings is 1. The minimum Gasteiger partial charge on any atom is -0.276 e. The Labute approximate surface area is 177 Å². The first kappa shape index (κ1) is 20.2. The summed E-state index contributed by atoms with van der Waals surface area (Å²) in [7, 11) is 1.77. The van der Waals surface area contributed by atoms with Crippen LogP contribution in [0.15, 0.2) is 46.7 Å². The first-order valence-electron chi connectivity index (χ1n) is 8.46. The highest BCUT2D eigenvalue weighted by molar-refractivity contribution is 8.38. The number of hydrogen-bond donors (Lipinski definition) is 1. The fourth-order valence-corrected chi connectivity index (χ4v) is 4.73. The average molecular weight is 447 g/mol. The van der Waals surface area contributed by atoms with E-state index in [0.29, 0.717) is 26.4 Å². The Balaban J connectivity index is 1.50. The highest BCUT2D eigenvalue weighted by Crippen LogP contribution is 2.39. The van der Waals surface area contributed by atoms with Crippen molar-refractivity contribution in [2.24, 2.45) is 5.10 Å². The van der Waals surface area contributed by atoms with Crippen molar-refractivity contribution in [1.29, 1.82) is 5.26 Å². The third-order valence-electron chi connectivity index (χ3n) is 4.19. The van der Waals surface area contributed by atoms with E-state index < -0.39 is 11.7 Å². The zero-order chi connectivity index (χ0) is 21.3. The predicted molar refractivity (Wildman–Crippen MR) is 109 cm³/mol. The molecule has 0 saturated carbocycles. The van der Waals surface area contributed by atoms with Crippen molar-refractivity contribution < 1.29 is 13.2 Å². The summed E-state index contributed by atoms with van der Waals surface area (Å²) in [5.74, 6) is 0.301. The zero-order valence-corrected chi connectivity index (χ0v) is 16.9. The van der Waals surface area contributed by atoms with E-state index in [2.05, 4.69) is 25.5 Å². The molecular weight excluding hydrogens is 435 g/mol. The van der Waals surface area contributed by atoms with Gasteiger partial charge in [0.2, 0.25) is 0 Å². The molecule has 1 aromatic carbocycles. The molecule has 1 aliphatic rings. The quantitative estimate of drug-likeness (QED) is 0.632. The number of thioether (sulfide) groups is 2. The molecule has 0 atom stereocenters. The summed E-state index contributed by atoms with van der Waals surface area (Å²) in [6.07, 6.45) is -2.86. The Hall–Kier alpha value is -3.04. The smallest absolute Gasteiger partial charge is 0.276 e. The number of H-pyrrole nitrogens is 1. The number of nitrogens with zero attached hydrogens (tertiary/aromatic N) is 6. The topological polar surface area (TPSA) is 93.8 Å². The standard InChI is InChI=1S/C18H12F3N7S2/c1-28-15-7-14(13-4-5-23-24-13)25-26-16(15)30-17(27-28)29-9-10-2-3-12(18(19,20)21)6-11(10)8-22/h2-7H,9H2,1H3,(H,23,24). The highest BCUT2D eigenvalue weighted by atomic mass is 32.2. The minimum atomic E-state index is -4.49. The van der Waals surface area contributed by atoms with Gasteiger partial charge in [-0.1, -0.05) is 17.8 Å². The molecule has 30 heavy (non-hydrogen) atoms. The number of aromatic amines is 1. The van der Waals surface area contributed by atoms with Crippen LogP contribution in [0, 0.1) is 11.3 Å². The molecular formula is C18H12F3N7S2. The summed E-state index contributed by atoms with van der Waals surface area (Å²) in [6, 6.07) is 8.65. The van der Waals surface area contributed by atoms with Gasteiger partial charge < -0.3 is 0 Å². The Morgan fingerprint density at radius 2 is 2.07 bits per heavy atom. The molecule has 0 saturated heterocycles. The maximum atomic E-state index is 12.9. The van der Waals surface area contributed by atoms with E-state index in [0.717, 1.165) is 23.5 Å². The van der Waals surface area contributed by atoms with Gasteiger partial charge in [0, 0.05) is 19.0 Å². The van der Waals surface area contributed by atoms with E-state index in [-0.39, 0.29) is 5.56 Å². The Kier molecular flexibility index (Phi) is 5.40. The second-order valence-corrected chi connectivity index (χ2v) is 8.35. The number of hydrogen-bond acceptors (Lipinski definition) is 8. The molecule has 3 heterocycles. The van der Waals surface area contributed by atoms with Crippen molar-refractivity contribution in [2.45, 2.75) is 17.0 Å². The molecule has 0 fully saturated rings. The minimum absolute atomic E-state index is 0.00326. The van der Waals surface area contributed by atoms with Crippen LogP contribution in [0.2, 0.25) is 0 Å². The van der Waals surface area contributed by atoms with Crippen molar-refractivity contribution in [3.63, 3.8) is 0 Å². The van der Waals surface area contributed by atoms with Crippen molar-refractivity contribution in [2.75, 3.05) is 12.1 Å². The van der Waals surface area contributed by atoms with Gasteiger partial charge in [-0.2, -0.15) is 28.6 Å². The number of nitrogens with one attached hydrogen (secondary N) is 1. The maximum Gasteiger partial charge on any atom is 0.416 e. The van der Waals surface area contributed by atoms with Gasteiger partial charge in [0.1, 0.15) is 5.69 Å². The third-order valence-corrected chi connectivity index (χ3v) is 6.32. The SMILES string of the molecule is CN1N=C(SCc2ccc(C(F)(F)F)cc2C#N)Sc2nnc(-c3ccn[nH]3)cc21. The highest BCUT2D eigenvalue weighted by Gasteiger charge is 2.31. The van der Waals surface area contributed by atoms with E-state index in [1.165, 1.54) is 29.6 Å².